The van der Waals surface area contributed by atoms with Gasteiger partial charge in [0.2, 0.25) is 0 Å². The second kappa shape index (κ2) is 4.19. The number of halogens is 1. The molecule has 3 nitrogen and oxygen atoms in total. The van der Waals surface area contributed by atoms with E-state index in [1.165, 1.54) is 25.1 Å². The van der Waals surface area contributed by atoms with Crippen LogP contribution in [0.3, 0.4) is 0 Å². The molecule has 2 atom stereocenters. The fourth-order valence-corrected chi connectivity index (χ4v) is 1.23. The molecule has 0 aliphatic heterocycles. The summed E-state index contributed by atoms with van der Waals surface area (Å²) in [6.45, 7) is 1.47. The first-order valence-corrected chi connectivity index (χ1v) is 4.19. The monoisotopic (exact) mass is 198 g/mol. The van der Waals surface area contributed by atoms with Gasteiger partial charge >= 0.3 is 5.97 Å². The molecule has 0 spiro atoms. The number of carbonyl (C=O) groups is 1. The highest BCUT2D eigenvalue weighted by Crippen LogP contribution is 2.21. The Labute approximate surface area is 80.8 Å². The Morgan fingerprint density at radius 3 is 2.50 bits per heavy atom. The molecule has 0 aromatic heterocycles. The van der Waals surface area contributed by atoms with Crippen molar-refractivity contribution in [1.82, 2.24) is 0 Å². The van der Waals surface area contributed by atoms with Crippen molar-refractivity contribution in [2.75, 3.05) is 0 Å². The Bertz CT molecular complexity index is 338. The highest BCUT2D eigenvalue weighted by Gasteiger charge is 2.24. The SMILES string of the molecule is CC(c1ccccc1F)C(O)C(=O)O. The van der Waals surface area contributed by atoms with Gasteiger partial charge in [0.15, 0.2) is 6.10 Å². The van der Waals surface area contributed by atoms with E-state index in [1.807, 2.05) is 0 Å². The van der Waals surface area contributed by atoms with Crippen molar-refractivity contribution in [1.29, 1.82) is 0 Å². The van der Waals surface area contributed by atoms with E-state index in [0.29, 0.717) is 0 Å². The van der Waals surface area contributed by atoms with Crippen molar-refractivity contribution in [3.63, 3.8) is 0 Å². The highest BCUT2D eigenvalue weighted by molar-refractivity contribution is 5.73. The Morgan fingerprint density at radius 2 is 2.00 bits per heavy atom. The van der Waals surface area contributed by atoms with Gasteiger partial charge in [-0.25, -0.2) is 9.18 Å². The molecule has 1 aromatic carbocycles. The minimum atomic E-state index is -1.58. The minimum absolute atomic E-state index is 0.211. The van der Waals surface area contributed by atoms with Gasteiger partial charge in [0, 0.05) is 5.92 Å². The first kappa shape index (κ1) is 10.7. The number of aliphatic carboxylic acids is 1. The first-order chi connectivity index (χ1) is 6.54. The molecule has 2 unspecified atom stereocenters. The third-order valence-electron chi connectivity index (χ3n) is 2.12. The molecular weight excluding hydrogens is 187 g/mol. The quantitative estimate of drug-likeness (QED) is 0.771. The molecular formula is C10H11FO3. The zero-order valence-electron chi connectivity index (χ0n) is 7.64. The average Bonchev–Trinajstić information content (AvgIpc) is 2.16. The maximum atomic E-state index is 13.2. The molecule has 0 amide bonds. The van der Waals surface area contributed by atoms with Crippen LogP contribution in [0.1, 0.15) is 18.4 Å². The number of aliphatic hydroxyl groups excluding tert-OH is 1. The van der Waals surface area contributed by atoms with Crippen molar-refractivity contribution >= 4 is 5.97 Å². The number of hydrogen-bond acceptors (Lipinski definition) is 2. The van der Waals surface area contributed by atoms with Crippen molar-refractivity contribution in [2.45, 2.75) is 18.9 Å². The van der Waals surface area contributed by atoms with E-state index in [0.717, 1.165) is 0 Å². The van der Waals surface area contributed by atoms with Crippen LogP contribution in [-0.4, -0.2) is 22.3 Å². The van der Waals surface area contributed by atoms with E-state index in [4.69, 9.17) is 5.11 Å². The summed E-state index contributed by atoms with van der Waals surface area (Å²) in [5, 5.41) is 17.7. The topological polar surface area (TPSA) is 57.5 Å². The van der Waals surface area contributed by atoms with E-state index in [-0.39, 0.29) is 5.56 Å². The Kier molecular flexibility index (Phi) is 3.19. The van der Waals surface area contributed by atoms with Crippen LogP contribution < -0.4 is 0 Å². The number of carboxylic acids is 1. The fourth-order valence-electron chi connectivity index (χ4n) is 1.23. The van der Waals surface area contributed by atoms with Crippen LogP contribution in [0.25, 0.3) is 0 Å². The number of benzene rings is 1. The van der Waals surface area contributed by atoms with Gasteiger partial charge in [-0.1, -0.05) is 25.1 Å². The van der Waals surface area contributed by atoms with Crippen LogP contribution in [0.15, 0.2) is 24.3 Å². The maximum Gasteiger partial charge on any atom is 0.333 e. The Hall–Kier alpha value is -1.42. The molecule has 0 heterocycles. The lowest BCUT2D eigenvalue weighted by Crippen LogP contribution is -2.26. The summed E-state index contributed by atoms with van der Waals surface area (Å²) in [7, 11) is 0. The molecule has 76 valence electrons. The van der Waals surface area contributed by atoms with Crippen LogP contribution in [0.2, 0.25) is 0 Å². The molecule has 0 saturated heterocycles. The summed E-state index contributed by atoms with van der Waals surface area (Å²) in [6, 6.07) is 5.81. The van der Waals surface area contributed by atoms with Gasteiger partial charge in [-0.2, -0.15) is 0 Å². The van der Waals surface area contributed by atoms with Crippen LogP contribution >= 0.6 is 0 Å². The molecule has 1 rings (SSSR count). The van der Waals surface area contributed by atoms with E-state index in [2.05, 4.69) is 0 Å². The first-order valence-electron chi connectivity index (χ1n) is 4.19. The van der Waals surface area contributed by atoms with Gasteiger partial charge in [0.25, 0.3) is 0 Å². The van der Waals surface area contributed by atoms with Crippen LogP contribution in [-0.2, 0) is 4.79 Å². The molecule has 1 aromatic rings. The molecule has 0 fully saturated rings. The van der Waals surface area contributed by atoms with Gasteiger partial charge in [0.05, 0.1) is 0 Å². The smallest absolute Gasteiger partial charge is 0.333 e. The molecule has 2 N–H and O–H groups in total. The van der Waals surface area contributed by atoms with Crippen LogP contribution in [0, 0.1) is 5.82 Å². The van der Waals surface area contributed by atoms with E-state index < -0.39 is 23.8 Å². The Balaban J connectivity index is 2.94. The molecule has 4 heteroatoms. The summed E-state index contributed by atoms with van der Waals surface area (Å²) >= 11 is 0. The number of carboxylic acid groups (broad SMARTS) is 1. The second-order valence-electron chi connectivity index (χ2n) is 3.09. The Morgan fingerprint density at radius 1 is 1.43 bits per heavy atom. The van der Waals surface area contributed by atoms with E-state index in [1.54, 1.807) is 6.07 Å². The lowest BCUT2D eigenvalue weighted by molar-refractivity contribution is -0.147. The maximum absolute atomic E-state index is 13.2. The van der Waals surface area contributed by atoms with E-state index in [9.17, 15) is 14.3 Å². The largest absolute Gasteiger partial charge is 0.479 e. The van der Waals surface area contributed by atoms with Gasteiger partial charge in [-0.3, -0.25) is 0 Å². The lowest BCUT2D eigenvalue weighted by atomic mass is 9.95. The summed E-state index contributed by atoms with van der Waals surface area (Å²) in [6.07, 6.45) is -1.58. The molecule has 0 saturated carbocycles. The molecule has 0 bridgehead atoms. The van der Waals surface area contributed by atoms with Gasteiger partial charge < -0.3 is 10.2 Å². The predicted molar refractivity (Wildman–Crippen MR) is 48.5 cm³/mol. The number of hydrogen-bond donors (Lipinski definition) is 2. The summed E-state index contributed by atoms with van der Waals surface area (Å²) in [5.74, 6) is -2.60. The highest BCUT2D eigenvalue weighted by atomic mass is 19.1. The zero-order valence-corrected chi connectivity index (χ0v) is 7.64. The van der Waals surface area contributed by atoms with Crippen molar-refractivity contribution < 1.29 is 19.4 Å². The lowest BCUT2D eigenvalue weighted by Gasteiger charge is -2.15. The van der Waals surface area contributed by atoms with Crippen LogP contribution in [0.5, 0.6) is 0 Å². The van der Waals surface area contributed by atoms with Crippen molar-refractivity contribution in [3.05, 3.63) is 35.6 Å². The predicted octanol–water partition coefficient (Wildman–Crippen LogP) is 1.37. The third-order valence-corrected chi connectivity index (χ3v) is 2.12. The van der Waals surface area contributed by atoms with Crippen molar-refractivity contribution in [2.24, 2.45) is 0 Å². The van der Waals surface area contributed by atoms with Gasteiger partial charge in [0.1, 0.15) is 5.82 Å². The summed E-state index contributed by atoms with van der Waals surface area (Å²) in [5.41, 5.74) is 0.211. The zero-order chi connectivity index (χ0) is 10.7. The van der Waals surface area contributed by atoms with E-state index >= 15 is 0 Å². The molecule has 14 heavy (non-hydrogen) atoms. The average molecular weight is 198 g/mol. The summed E-state index contributed by atoms with van der Waals surface area (Å²) in [4.78, 5) is 10.5. The standard InChI is InChI=1S/C10H11FO3/c1-6(9(12)10(13)14)7-4-2-3-5-8(7)11/h2-6,9,12H,1H3,(H,13,14). The number of aliphatic hydroxyl groups is 1. The number of rotatable bonds is 3. The molecule has 0 radical (unpaired) electrons. The minimum Gasteiger partial charge on any atom is -0.479 e. The summed E-state index contributed by atoms with van der Waals surface area (Å²) < 4.78 is 13.2. The normalized spacial score (nSPS) is 14.8. The fraction of sp³-hybridized carbons (Fsp3) is 0.300. The second-order valence-corrected chi connectivity index (χ2v) is 3.09. The van der Waals surface area contributed by atoms with Crippen LogP contribution in [0.4, 0.5) is 4.39 Å². The van der Waals surface area contributed by atoms with Gasteiger partial charge in [-0.05, 0) is 11.6 Å². The molecule has 0 aliphatic rings. The third kappa shape index (κ3) is 2.09. The van der Waals surface area contributed by atoms with Crippen molar-refractivity contribution in [3.8, 4) is 0 Å². The van der Waals surface area contributed by atoms with Gasteiger partial charge in [-0.15, -0.1) is 0 Å². The molecule has 0 aliphatic carbocycles.